The standard InChI is InChI=1S/C10H14N2O5S/c1-10(16)7(14)5(4-13)17-8(10)12-3-2-6(18)11-9(12)15/h2-3,5,7-8,13-14,16H,4H2,1H3,(H,11,15,18)/t5-,7?,8-,10+/m1/s1. The van der Waals surface area contributed by atoms with Crippen molar-refractivity contribution in [1.29, 1.82) is 0 Å². The highest BCUT2D eigenvalue weighted by atomic mass is 32.1. The molecule has 4 atom stereocenters. The van der Waals surface area contributed by atoms with Crippen molar-refractivity contribution >= 4 is 12.2 Å². The van der Waals surface area contributed by atoms with Crippen LogP contribution in [0.3, 0.4) is 0 Å². The number of nitrogens with zero attached hydrogens (tertiary/aromatic N) is 1. The maximum Gasteiger partial charge on any atom is 0.328 e. The van der Waals surface area contributed by atoms with E-state index in [0.29, 0.717) is 0 Å². The molecule has 18 heavy (non-hydrogen) atoms. The summed E-state index contributed by atoms with van der Waals surface area (Å²) in [7, 11) is 0. The van der Waals surface area contributed by atoms with E-state index in [0.717, 1.165) is 4.57 Å². The summed E-state index contributed by atoms with van der Waals surface area (Å²) >= 11 is 4.80. The second-order valence-corrected chi connectivity index (χ2v) is 4.84. The van der Waals surface area contributed by atoms with Gasteiger partial charge in [0.15, 0.2) is 6.23 Å². The van der Waals surface area contributed by atoms with E-state index in [4.69, 9.17) is 22.1 Å². The highest BCUT2D eigenvalue weighted by molar-refractivity contribution is 7.71. The largest absolute Gasteiger partial charge is 0.394 e. The molecule has 1 aromatic heterocycles. The SMILES string of the molecule is C[C@]1(O)C(O)[C@@H](CO)O[C@H]1n1ccc(=S)[nH]c1=O. The first-order chi connectivity index (χ1) is 8.37. The number of aromatic amines is 1. The molecule has 0 radical (unpaired) electrons. The van der Waals surface area contributed by atoms with Gasteiger partial charge in [-0.15, -0.1) is 0 Å². The number of hydrogen-bond donors (Lipinski definition) is 4. The van der Waals surface area contributed by atoms with Crippen LogP contribution in [0.5, 0.6) is 0 Å². The van der Waals surface area contributed by atoms with Gasteiger partial charge in [-0.25, -0.2) is 4.79 Å². The van der Waals surface area contributed by atoms with E-state index in [-0.39, 0.29) is 4.64 Å². The Balaban J connectivity index is 2.45. The van der Waals surface area contributed by atoms with Crippen LogP contribution in [-0.4, -0.2) is 49.3 Å². The molecule has 1 fully saturated rings. The first kappa shape index (κ1) is 13.4. The molecule has 4 N–H and O–H groups in total. The molecule has 1 aliphatic rings. The van der Waals surface area contributed by atoms with Crippen molar-refractivity contribution in [3.8, 4) is 0 Å². The number of nitrogens with one attached hydrogen (secondary N) is 1. The predicted octanol–water partition coefficient (Wildman–Crippen LogP) is -1.09. The van der Waals surface area contributed by atoms with Gasteiger partial charge in [0.05, 0.1) is 6.61 Å². The normalized spacial score (nSPS) is 35.9. The van der Waals surface area contributed by atoms with Crippen LogP contribution in [0.25, 0.3) is 0 Å². The van der Waals surface area contributed by atoms with E-state index < -0.39 is 36.3 Å². The summed E-state index contributed by atoms with van der Waals surface area (Å²) in [4.78, 5) is 14.1. The van der Waals surface area contributed by atoms with Gasteiger partial charge in [-0.05, 0) is 13.0 Å². The molecule has 2 rings (SSSR count). The molecular weight excluding hydrogens is 260 g/mol. The Bertz CT molecular complexity index is 552. The minimum atomic E-state index is -1.69. The van der Waals surface area contributed by atoms with Crippen molar-refractivity contribution in [3.63, 3.8) is 0 Å². The monoisotopic (exact) mass is 274 g/mol. The summed E-state index contributed by atoms with van der Waals surface area (Å²) in [5.74, 6) is 0. The quantitative estimate of drug-likeness (QED) is 0.510. The maximum absolute atomic E-state index is 11.7. The number of aliphatic hydroxyl groups is 3. The Morgan fingerprint density at radius 3 is 2.83 bits per heavy atom. The lowest BCUT2D eigenvalue weighted by atomic mass is 9.96. The van der Waals surface area contributed by atoms with Crippen LogP contribution in [0, 0.1) is 4.64 Å². The fourth-order valence-electron chi connectivity index (χ4n) is 2.00. The third-order valence-corrected chi connectivity index (χ3v) is 3.28. The van der Waals surface area contributed by atoms with Crippen molar-refractivity contribution < 1.29 is 20.1 Å². The van der Waals surface area contributed by atoms with Crippen LogP contribution >= 0.6 is 12.2 Å². The van der Waals surface area contributed by atoms with Crippen LogP contribution < -0.4 is 5.69 Å². The van der Waals surface area contributed by atoms with E-state index in [1.165, 1.54) is 19.2 Å². The van der Waals surface area contributed by atoms with Crippen LogP contribution in [0.4, 0.5) is 0 Å². The Morgan fingerprint density at radius 1 is 1.67 bits per heavy atom. The Morgan fingerprint density at radius 2 is 2.33 bits per heavy atom. The molecule has 0 spiro atoms. The summed E-state index contributed by atoms with van der Waals surface area (Å²) < 4.78 is 6.65. The lowest BCUT2D eigenvalue weighted by Crippen LogP contribution is -2.46. The number of H-pyrrole nitrogens is 1. The zero-order valence-electron chi connectivity index (χ0n) is 9.61. The van der Waals surface area contributed by atoms with Gasteiger partial charge in [0, 0.05) is 6.20 Å². The molecular formula is C10H14N2O5S. The third-order valence-electron chi connectivity index (χ3n) is 3.04. The highest BCUT2D eigenvalue weighted by Gasteiger charge is 2.53. The molecule has 1 aromatic rings. The van der Waals surface area contributed by atoms with Gasteiger partial charge in [0.25, 0.3) is 0 Å². The number of rotatable bonds is 2. The molecule has 1 unspecified atom stereocenters. The molecule has 2 heterocycles. The van der Waals surface area contributed by atoms with Crippen molar-refractivity contribution in [2.75, 3.05) is 6.61 Å². The maximum atomic E-state index is 11.7. The molecule has 0 saturated carbocycles. The first-order valence-electron chi connectivity index (χ1n) is 5.36. The summed E-state index contributed by atoms with van der Waals surface area (Å²) in [5, 5.41) is 29.0. The highest BCUT2D eigenvalue weighted by Crippen LogP contribution is 2.37. The average molecular weight is 274 g/mol. The van der Waals surface area contributed by atoms with E-state index in [1.807, 2.05) is 0 Å². The zero-order chi connectivity index (χ0) is 13.5. The van der Waals surface area contributed by atoms with Crippen LogP contribution in [-0.2, 0) is 4.74 Å². The molecule has 7 nitrogen and oxygen atoms in total. The van der Waals surface area contributed by atoms with Gasteiger partial charge in [-0.2, -0.15) is 0 Å². The lowest BCUT2D eigenvalue weighted by Gasteiger charge is -2.27. The summed E-state index contributed by atoms with van der Waals surface area (Å²) in [6, 6.07) is 1.47. The second kappa shape index (κ2) is 4.56. The smallest absolute Gasteiger partial charge is 0.328 e. The fourth-order valence-corrected chi connectivity index (χ4v) is 2.15. The topological polar surface area (TPSA) is 108 Å². The van der Waals surface area contributed by atoms with Gasteiger partial charge in [0.2, 0.25) is 0 Å². The van der Waals surface area contributed by atoms with Gasteiger partial charge in [-0.1, -0.05) is 12.2 Å². The molecule has 1 saturated heterocycles. The minimum absolute atomic E-state index is 0.258. The molecule has 0 bridgehead atoms. The third kappa shape index (κ3) is 2.02. The average Bonchev–Trinajstić information content (AvgIpc) is 2.52. The summed E-state index contributed by atoms with van der Waals surface area (Å²) in [6.45, 7) is 0.886. The van der Waals surface area contributed by atoms with Crippen LogP contribution in [0.15, 0.2) is 17.1 Å². The Hall–Kier alpha value is -1.06. The van der Waals surface area contributed by atoms with Gasteiger partial charge < -0.3 is 20.1 Å². The van der Waals surface area contributed by atoms with Crippen molar-refractivity contribution in [2.45, 2.75) is 31.0 Å². The van der Waals surface area contributed by atoms with Crippen LogP contribution in [0.2, 0.25) is 0 Å². The van der Waals surface area contributed by atoms with Crippen molar-refractivity contribution in [1.82, 2.24) is 9.55 Å². The summed E-state index contributed by atoms with van der Waals surface area (Å²) in [6.07, 6.45) is -1.96. The predicted molar refractivity (Wildman–Crippen MR) is 63.5 cm³/mol. The molecule has 0 aliphatic carbocycles. The van der Waals surface area contributed by atoms with Gasteiger partial charge >= 0.3 is 5.69 Å². The van der Waals surface area contributed by atoms with Gasteiger partial charge in [0.1, 0.15) is 22.4 Å². The van der Waals surface area contributed by atoms with E-state index in [9.17, 15) is 15.0 Å². The number of aliphatic hydroxyl groups excluding tert-OH is 2. The molecule has 1 aliphatic heterocycles. The fraction of sp³-hybridized carbons (Fsp3) is 0.600. The van der Waals surface area contributed by atoms with Crippen molar-refractivity contribution in [3.05, 3.63) is 27.4 Å². The number of ether oxygens (including phenoxy) is 1. The van der Waals surface area contributed by atoms with Gasteiger partial charge in [-0.3, -0.25) is 9.55 Å². The first-order valence-corrected chi connectivity index (χ1v) is 5.77. The molecule has 0 amide bonds. The van der Waals surface area contributed by atoms with E-state index in [2.05, 4.69) is 4.98 Å². The Labute approximate surface area is 107 Å². The van der Waals surface area contributed by atoms with E-state index >= 15 is 0 Å². The zero-order valence-corrected chi connectivity index (χ0v) is 10.4. The summed E-state index contributed by atoms with van der Waals surface area (Å²) in [5.41, 5.74) is -2.24. The van der Waals surface area contributed by atoms with Crippen molar-refractivity contribution in [2.24, 2.45) is 0 Å². The number of aromatic nitrogens is 2. The minimum Gasteiger partial charge on any atom is -0.394 e. The lowest BCUT2D eigenvalue weighted by molar-refractivity contribution is -0.0987. The number of hydrogen-bond acceptors (Lipinski definition) is 6. The van der Waals surface area contributed by atoms with E-state index in [1.54, 1.807) is 0 Å². The van der Waals surface area contributed by atoms with Crippen LogP contribution in [0.1, 0.15) is 13.2 Å². The molecule has 100 valence electrons. The molecule has 8 heteroatoms. The Kier molecular flexibility index (Phi) is 3.39. The molecule has 0 aromatic carbocycles. The second-order valence-electron chi connectivity index (χ2n) is 4.40.